The van der Waals surface area contributed by atoms with E-state index in [0.717, 1.165) is 28.2 Å². The van der Waals surface area contributed by atoms with Crippen LogP contribution < -0.4 is 10.6 Å². The minimum atomic E-state index is -0.0163. The summed E-state index contributed by atoms with van der Waals surface area (Å²) in [5, 5.41) is 6.72. The van der Waals surface area contributed by atoms with Crippen molar-refractivity contribution < 1.29 is 4.79 Å². The Morgan fingerprint density at radius 2 is 2.32 bits per heavy atom. The predicted molar refractivity (Wildman–Crippen MR) is 78.6 cm³/mol. The molecule has 0 bridgehead atoms. The van der Waals surface area contributed by atoms with Gasteiger partial charge in [-0.2, -0.15) is 0 Å². The number of nitrogens with one attached hydrogen (secondary N) is 2. The van der Waals surface area contributed by atoms with Gasteiger partial charge in [-0.1, -0.05) is 23.5 Å². The number of hydrogen-bond donors (Lipinski definition) is 2. The number of rotatable bonds is 5. The van der Waals surface area contributed by atoms with E-state index in [4.69, 9.17) is 0 Å². The molecule has 5 heteroatoms. The molecule has 1 aliphatic rings. The van der Waals surface area contributed by atoms with E-state index in [2.05, 4.69) is 15.6 Å². The first-order valence-corrected chi connectivity index (χ1v) is 7.41. The van der Waals surface area contributed by atoms with Crippen LogP contribution >= 0.6 is 11.3 Å². The number of aromatic nitrogens is 1. The van der Waals surface area contributed by atoms with E-state index in [0.29, 0.717) is 11.7 Å². The number of fused-ring (bicyclic) bond motifs is 1. The molecular weight excluding hydrogens is 258 g/mol. The number of carbonyl (C=O) groups excluding carboxylic acids is 1. The maximum atomic E-state index is 11.8. The summed E-state index contributed by atoms with van der Waals surface area (Å²) in [7, 11) is 0. The number of amides is 1. The summed E-state index contributed by atoms with van der Waals surface area (Å²) in [4.78, 5) is 16.2. The lowest BCUT2D eigenvalue weighted by molar-refractivity contribution is -0.115. The van der Waals surface area contributed by atoms with E-state index in [9.17, 15) is 4.79 Å². The van der Waals surface area contributed by atoms with Crippen LogP contribution in [-0.4, -0.2) is 24.0 Å². The molecule has 3 rings (SSSR count). The zero-order valence-corrected chi connectivity index (χ0v) is 11.7. The van der Waals surface area contributed by atoms with Gasteiger partial charge in [-0.3, -0.25) is 4.79 Å². The van der Waals surface area contributed by atoms with E-state index in [1.54, 1.807) is 0 Å². The first-order chi connectivity index (χ1) is 9.22. The molecule has 0 atom stereocenters. The van der Waals surface area contributed by atoms with E-state index in [-0.39, 0.29) is 5.91 Å². The van der Waals surface area contributed by atoms with Crippen molar-refractivity contribution in [3.8, 4) is 0 Å². The van der Waals surface area contributed by atoms with Gasteiger partial charge < -0.3 is 10.6 Å². The third-order valence-electron chi connectivity index (χ3n) is 3.28. The fourth-order valence-corrected chi connectivity index (χ4v) is 2.97. The third-order valence-corrected chi connectivity index (χ3v) is 4.22. The van der Waals surface area contributed by atoms with Gasteiger partial charge in [-0.15, -0.1) is 0 Å². The number of thiazole rings is 1. The van der Waals surface area contributed by atoms with Gasteiger partial charge in [0.25, 0.3) is 0 Å². The van der Waals surface area contributed by atoms with Gasteiger partial charge in [-0.05, 0) is 43.9 Å². The number of benzene rings is 1. The fourth-order valence-electron chi connectivity index (χ4n) is 2.01. The molecular formula is C14H17N3OS. The topological polar surface area (TPSA) is 54.0 Å². The highest BCUT2D eigenvalue weighted by Gasteiger charge is 2.20. The van der Waals surface area contributed by atoms with E-state index < -0.39 is 0 Å². The molecule has 0 saturated heterocycles. The highest BCUT2D eigenvalue weighted by molar-refractivity contribution is 7.22. The smallest absolute Gasteiger partial charge is 0.240 e. The maximum Gasteiger partial charge on any atom is 0.240 e. The van der Waals surface area contributed by atoms with Crippen molar-refractivity contribution in [1.29, 1.82) is 0 Å². The van der Waals surface area contributed by atoms with Gasteiger partial charge in [0.1, 0.15) is 0 Å². The zero-order valence-electron chi connectivity index (χ0n) is 10.9. The van der Waals surface area contributed by atoms with Crippen LogP contribution in [0.3, 0.4) is 0 Å². The summed E-state index contributed by atoms with van der Waals surface area (Å²) >= 11 is 1.52. The molecule has 1 fully saturated rings. The van der Waals surface area contributed by atoms with Gasteiger partial charge in [0.05, 0.1) is 16.8 Å². The Hall–Kier alpha value is -1.46. The van der Waals surface area contributed by atoms with Gasteiger partial charge in [0.2, 0.25) is 5.91 Å². The number of para-hydroxylation sites is 1. The van der Waals surface area contributed by atoms with Crippen molar-refractivity contribution in [2.45, 2.75) is 19.8 Å². The standard InChI is InChI=1S/C14H17N3OS/c1-9-3-2-4-11-13(9)17-14(19-11)16-12(18)8-15-7-10-5-6-10/h2-4,10,15H,5-8H2,1H3,(H,16,17,18). The predicted octanol–water partition coefficient (Wildman–Crippen LogP) is 2.54. The molecule has 1 heterocycles. The average molecular weight is 275 g/mol. The molecule has 2 aromatic rings. The van der Waals surface area contributed by atoms with Crippen molar-refractivity contribution in [2.24, 2.45) is 5.92 Å². The molecule has 19 heavy (non-hydrogen) atoms. The second-order valence-electron chi connectivity index (χ2n) is 5.06. The van der Waals surface area contributed by atoms with Crippen molar-refractivity contribution in [1.82, 2.24) is 10.3 Å². The SMILES string of the molecule is Cc1cccc2sc(NC(=O)CNCC3CC3)nc12. The molecule has 1 aromatic heterocycles. The number of aryl methyl sites for hydroxylation is 1. The number of carbonyl (C=O) groups is 1. The Labute approximate surface area is 116 Å². The van der Waals surface area contributed by atoms with Crippen molar-refractivity contribution in [3.05, 3.63) is 23.8 Å². The second-order valence-corrected chi connectivity index (χ2v) is 6.09. The number of nitrogens with zero attached hydrogens (tertiary/aromatic N) is 1. The van der Waals surface area contributed by atoms with E-state index >= 15 is 0 Å². The van der Waals surface area contributed by atoms with Crippen LogP contribution in [0.5, 0.6) is 0 Å². The fraction of sp³-hybridized carbons (Fsp3) is 0.429. The molecule has 0 unspecified atom stereocenters. The summed E-state index contributed by atoms with van der Waals surface area (Å²) in [5.74, 6) is 0.773. The lowest BCUT2D eigenvalue weighted by Crippen LogP contribution is -2.29. The molecule has 0 radical (unpaired) electrons. The highest BCUT2D eigenvalue weighted by atomic mass is 32.1. The van der Waals surface area contributed by atoms with Crippen LogP contribution in [-0.2, 0) is 4.79 Å². The summed E-state index contributed by atoms with van der Waals surface area (Å²) in [6.07, 6.45) is 2.59. The Morgan fingerprint density at radius 1 is 1.47 bits per heavy atom. The molecule has 1 saturated carbocycles. The summed E-state index contributed by atoms with van der Waals surface area (Å²) < 4.78 is 1.11. The van der Waals surface area contributed by atoms with Crippen molar-refractivity contribution in [2.75, 3.05) is 18.4 Å². The van der Waals surface area contributed by atoms with Crippen LogP contribution in [0, 0.1) is 12.8 Å². The minimum absolute atomic E-state index is 0.0163. The van der Waals surface area contributed by atoms with Crippen molar-refractivity contribution >= 4 is 32.6 Å². The monoisotopic (exact) mass is 275 g/mol. The summed E-state index contributed by atoms with van der Waals surface area (Å²) in [6, 6.07) is 6.07. The van der Waals surface area contributed by atoms with Gasteiger partial charge in [0.15, 0.2) is 5.13 Å². The molecule has 1 aliphatic carbocycles. The molecule has 100 valence electrons. The Bertz CT molecular complexity index is 604. The van der Waals surface area contributed by atoms with Crippen LogP contribution in [0.4, 0.5) is 5.13 Å². The Morgan fingerprint density at radius 3 is 3.05 bits per heavy atom. The first-order valence-electron chi connectivity index (χ1n) is 6.59. The number of hydrogen-bond acceptors (Lipinski definition) is 4. The second kappa shape index (κ2) is 5.27. The lowest BCUT2D eigenvalue weighted by atomic mass is 10.2. The largest absolute Gasteiger partial charge is 0.308 e. The molecule has 4 nitrogen and oxygen atoms in total. The summed E-state index contributed by atoms with van der Waals surface area (Å²) in [6.45, 7) is 3.35. The Kier molecular flexibility index (Phi) is 3.48. The van der Waals surface area contributed by atoms with Crippen LogP contribution in [0.15, 0.2) is 18.2 Å². The zero-order chi connectivity index (χ0) is 13.2. The van der Waals surface area contributed by atoms with E-state index in [1.165, 1.54) is 24.2 Å². The first kappa shape index (κ1) is 12.6. The molecule has 1 amide bonds. The average Bonchev–Trinajstić information content (AvgIpc) is 3.09. The quantitative estimate of drug-likeness (QED) is 0.881. The minimum Gasteiger partial charge on any atom is -0.308 e. The third kappa shape index (κ3) is 3.11. The van der Waals surface area contributed by atoms with Crippen LogP contribution in [0.2, 0.25) is 0 Å². The van der Waals surface area contributed by atoms with Crippen LogP contribution in [0.25, 0.3) is 10.2 Å². The Balaban J connectivity index is 1.60. The van der Waals surface area contributed by atoms with E-state index in [1.807, 2.05) is 25.1 Å². The highest BCUT2D eigenvalue weighted by Crippen LogP contribution is 2.28. The van der Waals surface area contributed by atoms with Gasteiger partial charge in [0, 0.05) is 0 Å². The van der Waals surface area contributed by atoms with Gasteiger partial charge >= 0.3 is 0 Å². The molecule has 2 N–H and O–H groups in total. The molecule has 1 aromatic carbocycles. The van der Waals surface area contributed by atoms with Gasteiger partial charge in [-0.25, -0.2) is 4.98 Å². The maximum absolute atomic E-state index is 11.8. The van der Waals surface area contributed by atoms with Crippen molar-refractivity contribution in [3.63, 3.8) is 0 Å². The number of anilines is 1. The molecule has 0 aliphatic heterocycles. The molecule has 0 spiro atoms. The van der Waals surface area contributed by atoms with Crippen LogP contribution in [0.1, 0.15) is 18.4 Å². The summed E-state index contributed by atoms with van der Waals surface area (Å²) in [5.41, 5.74) is 2.12. The normalized spacial score (nSPS) is 14.8. The lowest BCUT2D eigenvalue weighted by Gasteiger charge is -2.02.